The second kappa shape index (κ2) is 15.1. The number of hydrogen-bond donors (Lipinski definition) is 0. The molecule has 11 aromatic rings. The zero-order valence-electron chi connectivity index (χ0n) is 34.5. The van der Waals surface area contributed by atoms with Crippen LogP contribution >= 0.6 is 0 Å². The summed E-state index contributed by atoms with van der Waals surface area (Å²) in [6.07, 6.45) is 0. The highest BCUT2D eigenvalue weighted by Crippen LogP contribution is 2.57. The fourth-order valence-electron chi connectivity index (χ4n) is 10.1. The van der Waals surface area contributed by atoms with Gasteiger partial charge in [0.15, 0.2) is 0 Å². The average Bonchev–Trinajstić information content (AvgIpc) is 3.89. The molecular weight excluding hydrogens is 763 g/mol. The van der Waals surface area contributed by atoms with Crippen LogP contribution in [-0.2, 0) is 5.41 Å². The summed E-state index contributed by atoms with van der Waals surface area (Å²) in [4.78, 5) is 2.42. The molecule has 1 aliphatic rings. The Balaban J connectivity index is 1.10. The van der Waals surface area contributed by atoms with E-state index < -0.39 is 5.41 Å². The van der Waals surface area contributed by atoms with Crippen molar-refractivity contribution < 1.29 is 4.42 Å². The SMILES string of the molecule is c1ccc(-c2ccc(N(c3cccc(C4(c5ccc(-c6ccccc6)cc5)c5ccccc5-c5ccccc54)c3)c3cccc4oc5ccc(-c6ccccc6)cc5c34)cc2)cc1. The molecule has 0 spiro atoms. The van der Waals surface area contributed by atoms with E-state index >= 15 is 0 Å². The van der Waals surface area contributed by atoms with Crippen LogP contribution in [0.5, 0.6) is 0 Å². The zero-order chi connectivity index (χ0) is 41.7. The van der Waals surface area contributed by atoms with E-state index in [4.69, 9.17) is 4.42 Å². The minimum absolute atomic E-state index is 0.583. The van der Waals surface area contributed by atoms with Crippen molar-refractivity contribution in [3.05, 3.63) is 271 Å². The van der Waals surface area contributed by atoms with E-state index in [1.54, 1.807) is 0 Å². The number of anilines is 3. The van der Waals surface area contributed by atoms with E-state index in [-0.39, 0.29) is 0 Å². The first-order chi connectivity index (χ1) is 31.2. The van der Waals surface area contributed by atoms with Gasteiger partial charge in [0, 0.05) is 16.8 Å². The number of benzene rings is 10. The predicted octanol–water partition coefficient (Wildman–Crippen LogP) is 16.4. The van der Waals surface area contributed by atoms with Crippen molar-refractivity contribution >= 4 is 39.0 Å². The largest absolute Gasteiger partial charge is 0.456 e. The van der Waals surface area contributed by atoms with Crippen molar-refractivity contribution in [2.75, 3.05) is 4.90 Å². The van der Waals surface area contributed by atoms with Gasteiger partial charge in [-0.1, -0.05) is 200 Å². The van der Waals surface area contributed by atoms with Crippen molar-refractivity contribution in [3.63, 3.8) is 0 Å². The molecule has 0 radical (unpaired) electrons. The molecule has 1 heterocycles. The highest BCUT2D eigenvalue weighted by Gasteiger charge is 2.46. The lowest BCUT2D eigenvalue weighted by Crippen LogP contribution is -2.29. The Morgan fingerprint density at radius 1 is 0.317 bits per heavy atom. The van der Waals surface area contributed by atoms with Crippen LogP contribution in [0, 0.1) is 0 Å². The van der Waals surface area contributed by atoms with Gasteiger partial charge in [-0.3, -0.25) is 0 Å². The summed E-state index contributed by atoms with van der Waals surface area (Å²) in [5.41, 5.74) is 18.9. The van der Waals surface area contributed by atoms with Crippen molar-refractivity contribution in [2.45, 2.75) is 5.41 Å². The lowest BCUT2D eigenvalue weighted by atomic mass is 9.67. The van der Waals surface area contributed by atoms with E-state index in [0.29, 0.717) is 0 Å². The van der Waals surface area contributed by atoms with E-state index in [2.05, 4.69) is 254 Å². The Morgan fingerprint density at radius 2 is 0.825 bits per heavy atom. The number of nitrogens with zero attached hydrogens (tertiary/aromatic N) is 1. The topological polar surface area (TPSA) is 16.4 Å². The second-order valence-corrected chi connectivity index (χ2v) is 16.4. The van der Waals surface area contributed by atoms with E-state index in [1.807, 2.05) is 0 Å². The summed E-state index contributed by atoms with van der Waals surface area (Å²) in [7, 11) is 0. The minimum atomic E-state index is -0.583. The van der Waals surface area contributed by atoms with Crippen LogP contribution in [-0.4, -0.2) is 0 Å². The smallest absolute Gasteiger partial charge is 0.137 e. The molecule has 0 saturated carbocycles. The van der Waals surface area contributed by atoms with E-state index in [1.165, 1.54) is 61.2 Å². The quantitative estimate of drug-likeness (QED) is 0.152. The van der Waals surface area contributed by atoms with Crippen LogP contribution in [0.15, 0.2) is 253 Å². The van der Waals surface area contributed by atoms with Gasteiger partial charge in [0.1, 0.15) is 11.2 Å². The highest BCUT2D eigenvalue weighted by molar-refractivity contribution is 6.14. The van der Waals surface area contributed by atoms with E-state index in [9.17, 15) is 0 Å². The minimum Gasteiger partial charge on any atom is -0.456 e. The Kier molecular flexibility index (Phi) is 8.76. The third-order valence-electron chi connectivity index (χ3n) is 13.0. The summed E-state index contributed by atoms with van der Waals surface area (Å²) in [5.74, 6) is 0. The third kappa shape index (κ3) is 6.02. The molecule has 12 rings (SSSR count). The first-order valence-electron chi connectivity index (χ1n) is 21.7. The van der Waals surface area contributed by atoms with Crippen molar-refractivity contribution in [2.24, 2.45) is 0 Å². The van der Waals surface area contributed by atoms with Gasteiger partial charge < -0.3 is 9.32 Å². The normalized spacial score (nSPS) is 12.6. The molecule has 10 aromatic carbocycles. The van der Waals surface area contributed by atoms with Crippen LogP contribution in [0.1, 0.15) is 22.3 Å². The van der Waals surface area contributed by atoms with Crippen LogP contribution < -0.4 is 4.90 Å². The Bertz CT molecular complexity index is 3380. The molecule has 1 aromatic heterocycles. The fraction of sp³-hybridized carbons (Fsp3) is 0.0164. The average molecular weight is 804 g/mol. The molecule has 296 valence electrons. The van der Waals surface area contributed by atoms with E-state index in [0.717, 1.165) is 44.6 Å². The van der Waals surface area contributed by atoms with Crippen LogP contribution in [0.2, 0.25) is 0 Å². The summed E-state index contributed by atoms with van der Waals surface area (Å²) in [6, 6.07) is 90.3. The van der Waals surface area contributed by atoms with Gasteiger partial charge in [-0.25, -0.2) is 0 Å². The van der Waals surface area contributed by atoms with Gasteiger partial charge in [0.2, 0.25) is 0 Å². The van der Waals surface area contributed by atoms with Gasteiger partial charge in [-0.15, -0.1) is 0 Å². The van der Waals surface area contributed by atoms with Gasteiger partial charge in [0.25, 0.3) is 0 Å². The van der Waals surface area contributed by atoms with Gasteiger partial charge in [-0.05, 0) is 115 Å². The van der Waals surface area contributed by atoms with Gasteiger partial charge in [-0.2, -0.15) is 0 Å². The maximum absolute atomic E-state index is 6.65. The van der Waals surface area contributed by atoms with Crippen molar-refractivity contribution in [1.29, 1.82) is 0 Å². The molecule has 0 N–H and O–H groups in total. The van der Waals surface area contributed by atoms with Gasteiger partial charge in [0.05, 0.1) is 16.5 Å². The molecule has 0 saturated heterocycles. The molecule has 0 unspecified atom stereocenters. The maximum atomic E-state index is 6.65. The summed E-state index contributed by atoms with van der Waals surface area (Å²) in [6.45, 7) is 0. The summed E-state index contributed by atoms with van der Waals surface area (Å²) < 4.78 is 6.65. The molecule has 0 amide bonds. The first-order valence-corrected chi connectivity index (χ1v) is 21.7. The van der Waals surface area contributed by atoms with Gasteiger partial charge >= 0.3 is 0 Å². The number of fused-ring (bicyclic) bond motifs is 6. The summed E-state index contributed by atoms with van der Waals surface area (Å²) >= 11 is 0. The molecule has 0 fully saturated rings. The molecular formula is C61H41NO. The van der Waals surface area contributed by atoms with Crippen LogP contribution in [0.4, 0.5) is 17.1 Å². The maximum Gasteiger partial charge on any atom is 0.137 e. The monoisotopic (exact) mass is 803 g/mol. The lowest BCUT2D eigenvalue weighted by Gasteiger charge is -2.35. The number of rotatable bonds is 8. The zero-order valence-corrected chi connectivity index (χ0v) is 34.5. The summed E-state index contributed by atoms with van der Waals surface area (Å²) in [5, 5.41) is 2.16. The Labute approximate surface area is 367 Å². The lowest BCUT2D eigenvalue weighted by molar-refractivity contribution is 0.669. The first kappa shape index (κ1) is 36.6. The Morgan fingerprint density at radius 3 is 1.44 bits per heavy atom. The third-order valence-corrected chi connectivity index (χ3v) is 13.0. The molecule has 1 aliphatic carbocycles. The standard InChI is InChI=1S/C61H41NO/c1-4-16-42(17-5-1)45-30-35-48(36-31-45)61(55-26-12-10-24-52(55)53-25-11-13-27-56(53)61)49-22-14-23-51(41-49)62(50-37-32-46(33-38-50)43-18-6-2-7-19-43)57-28-15-29-59-60(57)54-40-47(34-39-58(54)63-59)44-20-8-3-9-21-44/h1-41H. The molecule has 0 bridgehead atoms. The second-order valence-electron chi connectivity index (χ2n) is 16.4. The fourth-order valence-corrected chi connectivity index (χ4v) is 10.1. The molecule has 0 atom stereocenters. The van der Waals surface area contributed by atoms with Crippen molar-refractivity contribution in [1.82, 2.24) is 0 Å². The predicted molar refractivity (Wildman–Crippen MR) is 262 cm³/mol. The number of hydrogen-bond acceptors (Lipinski definition) is 2. The number of furan rings is 1. The Hall–Kier alpha value is -8.20. The molecule has 2 heteroatoms. The highest BCUT2D eigenvalue weighted by atomic mass is 16.3. The molecule has 63 heavy (non-hydrogen) atoms. The molecule has 2 nitrogen and oxygen atoms in total. The molecule has 0 aliphatic heterocycles. The van der Waals surface area contributed by atoms with Crippen LogP contribution in [0.25, 0.3) is 66.4 Å². The van der Waals surface area contributed by atoms with Crippen LogP contribution in [0.3, 0.4) is 0 Å². The van der Waals surface area contributed by atoms with Crippen molar-refractivity contribution in [3.8, 4) is 44.5 Å².